The second kappa shape index (κ2) is 4.94. The average molecular weight is 285 g/mol. The first kappa shape index (κ1) is 12.6. The Kier molecular flexibility index (Phi) is 3.12. The summed E-state index contributed by atoms with van der Waals surface area (Å²) in [5.41, 5.74) is 2.23. The number of methoxy groups -OCH3 is 1. The number of aromatic nitrogens is 1. The molecule has 2 aromatic heterocycles. The van der Waals surface area contributed by atoms with Crippen LogP contribution in [0.1, 0.15) is 10.4 Å². The number of hydrogen-bond donors (Lipinski definition) is 1. The van der Waals surface area contributed by atoms with Crippen molar-refractivity contribution < 1.29 is 14.6 Å². The van der Waals surface area contributed by atoms with E-state index in [1.54, 1.807) is 25.3 Å². The normalized spacial score (nSPS) is 10.7. The summed E-state index contributed by atoms with van der Waals surface area (Å²) in [4.78, 5) is 15.9. The molecule has 0 fully saturated rings. The minimum absolute atomic E-state index is 0.209. The van der Waals surface area contributed by atoms with Crippen molar-refractivity contribution in [1.29, 1.82) is 0 Å². The highest BCUT2D eigenvalue weighted by atomic mass is 32.1. The number of nitrogens with zero attached hydrogens (tertiary/aromatic N) is 1. The van der Waals surface area contributed by atoms with Crippen molar-refractivity contribution >= 4 is 28.2 Å². The van der Waals surface area contributed by atoms with Crippen LogP contribution in [0.4, 0.5) is 0 Å². The molecule has 0 atom stereocenters. The highest BCUT2D eigenvalue weighted by Gasteiger charge is 2.15. The predicted molar refractivity (Wildman–Crippen MR) is 78.6 cm³/mol. The van der Waals surface area contributed by atoms with E-state index in [-0.39, 0.29) is 5.56 Å². The van der Waals surface area contributed by atoms with Crippen molar-refractivity contribution in [3.8, 4) is 17.0 Å². The molecule has 3 aromatic rings. The summed E-state index contributed by atoms with van der Waals surface area (Å²) in [7, 11) is 1.59. The Balaban J connectivity index is 2.30. The number of hydrogen-bond acceptors (Lipinski definition) is 4. The summed E-state index contributed by atoms with van der Waals surface area (Å²) >= 11 is 1.51. The lowest BCUT2D eigenvalue weighted by Gasteiger charge is -2.07. The van der Waals surface area contributed by atoms with E-state index in [1.807, 2.05) is 22.9 Å². The Bertz CT molecular complexity index is 781. The maximum Gasteiger partial charge on any atom is 0.337 e. The fourth-order valence-corrected chi connectivity index (χ4v) is 2.70. The molecular weight excluding hydrogens is 274 g/mol. The van der Waals surface area contributed by atoms with Crippen LogP contribution in [0, 0.1) is 0 Å². The topological polar surface area (TPSA) is 59.4 Å². The van der Waals surface area contributed by atoms with Crippen LogP contribution < -0.4 is 4.74 Å². The van der Waals surface area contributed by atoms with Crippen molar-refractivity contribution in [2.75, 3.05) is 7.11 Å². The van der Waals surface area contributed by atoms with Gasteiger partial charge in [-0.1, -0.05) is 0 Å². The van der Waals surface area contributed by atoms with Crippen molar-refractivity contribution in [2.45, 2.75) is 0 Å². The highest BCUT2D eigenvalue weighted by Crippen LogP contribution is 2.29. The van der Waals surface area contributed by atoms with Crippen molar-refractivity contribution in [3.63, 3.8) is 0 Å². The van der Waals surface area contributed by atoms with Gasteiger partial charge in [0.1, 0.15) is 5.75 Å². The summed E-state index contributed by atoms with van der Waals surface area (Å²) < 4.78 is 5.18. The van der Waals surface area contributed by atoms with Gasteiger partial charge in [0, 0.05) is 22.4 Å². The van der Waals surface area contributed by atoms with Gasteiger partial charge in [0.05, 0.1) is 23.9 Å². The number of thiophene rings is 1. The van der Waals surface area contributed by atoms with Crippen LogP contribution in [0.25, 0.3) is 22.2 Å². The van der Waals surface area contributed by atoms with Gasteiger partial charge >= 0.3 is 5.97 Å². The molecule has 3 rings (SSSR count). The molecule has 5 heteroatoms. The zero-order valence-electron chi connectivity index (χ0n) is 10.7. The van der Waals surface area contributed by atoms with Gasteiger partial charge in [-0.05, 0) is 29.6 Å². The highest BCUT2D eigenvalue weighted by molar-refractivity contribution is 7.08. The van der Waals surface area contributed by atoms with Gasteiger partial charge in [-0.15, -0.1) is 0 Å². The average Bonchev–Trinajstić information content (AvgIpc) is 2.99. The number of fused-ring (bicyclic) bond motifs is 1. The fourth-order valence-electron chi connectivity index (χ4n) is 2.06. The Morgan fingerprint density at radius 2 is 2.15 bits per heavy atom. The number of aromatic carboxylic acids is 1. The lowest BCUT2D eigenvalue weighted by molar-refractivity contribution is 0.0697. The minimum Gasteiger partial charge on any atom is -0.497 e. The Labute approximate surface area is 119 Å². The molecule has 0 aliphatic rings. The van der Waals surface area contributed by atoms with Crippen LogP contribution in [0.3, 0.4) is 0 Å². The molecule has 0 radical (unpaired) electrons. The zero-order chi connectivity index (χ0) is 14.1. The first-order valence-corrected chi connectivity index (χ1v) is 6.88. The van der Waals surface area contributed by atoms with E-state index in [2.05, 4.69) is 4.98 Å². The molecule has 20 heavy (non-hydrogen) atoms. The summed E-state index contributed by atoms with van der Waals surface area (Å²) in [5, 5.41) is 13.9. The SMILES string of the molecule is COc1ccc2cc(C(=O)O)c(-c3ccsc3)nc2c1. The molecular formula is C15H11NO3S. The molecule has 0 amide bonds. The maximum atomic E-state index is 11.4. The molecule has 4 nitrogen and oxygen atoms in total. The van der Waals surface area contributed by atoms with Crippen LogP contribution in [0.2, 0.25) is 0 Å². The maximum absolute atomic E-state index is 11.4. The number of rotatable bonds is 3. The van der Waals surface area contributed by atoms with E-state index in [0.29, 0.717) is 11.4 Å². The van der Waals surface area contributed by atoms with Crippen LogP contribution in [0.15, 0.2) is 41.1 Å². The quantitative estimate of drug-likeness (QED) is 0.797. The van der Waals surface area contributed by atoms with Crippen molar-refractivity contribution in [2.24, 2.45) is 0 Å². The lowest BCUT2D eigenvalue weighted by atomic mass is 10.1. The second-order valence-electron chi connectivity index (χ2n) is 4.26. The number of benzene rings is 1. The van der Waals surface area contributed by atoms with Crippen molar-refractivity contribution in [1.82, 2.24) is 4.98 Å². The molecule has 1 aromatic carbocycles. The molecule has 0 aliphatic carbocycles. The number of carboxylic acid groups (broad SMARTS) is 1. The minimum atomic E-state index is -0.976. The Morgan fingerprint density at radius 3 is 2.80 bits per heavy atom. The van der Waals surface area contributed by atoms with E-state index in [4.69, 9.17) is 4.74 Å². The molecule has 0 aliphatic heterocycles. The molecule has 1 N–H and O–H groups in total. The summed E-state index contributed by atoms with van der Waals surface area (Å²) in [6.45, 7) is 0. The van der Waals surface area contributed by atoms with E-state index in [1.165, 1.54) is 11.3 Å². The van der Waals surface area contributed by atoms with Crippen LogP contribution >= 0.6 is 11.3 Å². The number of carbonyl (C=O) groups is 1. The van der Waals surface area contributed by atoms with Gasteiger partial charge in [0.25, 0.3) is 0 Å². The third kappa shape index (κ3) is 2.12. The van der Waals surface area contributed by atoms with Gasteiger partial charge in [-0.3, -0.25) is 0 Å². The predicted octanol–water partition coefficient (Wildman–Crippen LogP) is 3.67. The fraction of sp³-hybridized carbons (Fsp3) is 0.0667. The first-order chi connectivity index (χ1) is 9.69. The van der Waals surface area contributed by atoms with Crippen LogP contribution in [-0.4, -0.2) is 23.2 Å². The number of carboxylic acids is 1. The standard InChI is InChI=1S/C15H11NO3S/c1-19-11-3-2-9-6-12(15(17)18)14(16-13(9)7-11)10-4-5-20-8-10/h2-8H,1H3,(H,17,18). The van der Waals surface area contributed by atoms with Crippen molar-refractivity contribution in [3.05, 3.63) is 46.7 Å². The first-order valence-electron chi connectivity index (χ1n) is 5.93. The summed E-state index contributed by atoms with van der Waals surface area (Å²) in [6, 6.07) is 8.92. The van der Waals surface area contributed by atoms with E-state index >= 15 is 0 Å². The molecule has 2 heterocycles. The number of ether oxygens (including phenoxy) is 1. The molecule has 0 unspecified atom stereocenters. The largest absolute Gasteiger partial charge is 0.497 e. The van der Waals surface area contributed by atoms with Gasteiger partial charge in [-0.25, -0.2) is 9.78 Å². The monoisotopic (exact) mass is 285 g/mol. The molecule has 0 saturated heterocycles. The Hall–Kier alpha value is -2.40. The molecule has 0 saturated carbocycles. The number of pyridine rings is 1. The zero-order valence-corrected chi connectivity index (χ0v) is 11.5. The van der Waals surface area contributed by atoms with E-state index < -0.39 is 5.97 Å². The van der Waals surface area contributed by atoms with E-state index in [0.717, 1.165) is 16.5 Å². The van der Waals surface area contributed by atoms with E-state index in [9.17, 15) is 9.90 Å². The summed E-state index contributed by atoms with van der Waals surface area (Å²) in [5.74, 6) is -0.277. The van der Waals surface area contributed by atoms with Gasteiger partial charge in [0.2, 0.25) is 0 Å². The van der Waals surface area contributed by atoms with Gasteiger partial charge in [0.15, 0.2) is 0 Å². The van der Waals surface area contributed by atoms with Crippen LogP contribution in [0.5, 0.6) is 5.75 Å². The van der Waals surface area contributed by atoms with Gasteiger partial charge < -0.3 is 9.84 Å². The third-order valence-corrected chi connectivity index (χ3v) is 3.73. The third-order valence-electron chi connectivity index (χ3n) is 3.05. The molecule has 100 valence electrons. The van der Waals surface area contributed by atoms with Gasteiger partial charge in [-0.2, -0.15) is 11.3 Å². The second-order valence-corrected chi connectivity index (χ2v) is 5.04. The van der Waals surface area contributed by atoms with Crippen LogP contribution in [-0.2, 0) is 0 Å². The molecule has 0 spiro atoms. The Morgan fingerprint density at radius 1 is 1.30 bits per heavy atom. The summed E-state index contributed by atoms with van der Waals surface area (Å²) in [6.07, 6.45) is 0. The lowest BCUT2D eigenvalue weighted by Crippen LogP contribution is -2.02. The smallest absolute Gasteiger partial charge is 0.337 e. The molecule has 0 bridgehead atoms.